The fourth-order valence-electron chi connectivity index (χ4n) is 3.78. The molecule has 0 atom stereocenters. The van der Waals surface area contributed by atoms with Crippen LogP contribution in [-0.2, 0) is 12.0 Å². The molecule has 0 unspecified atom stereocenters. The minimum Gasteiger partial charge on any atom is -0.326 e. The van der Waals surface area contributed by atoms with Gasteiger partial charge in [-0.3, -0.25) is 0 Å². The van der Waals surface area contributed by atoms with Crippen molar-refractivity contribution < 1.29 is 0 Å². The van der Waals surface area contributed by atoms with Gasteiger partial charge in [0.05, 0.1) is 29.9 Å². The van der Waals surface area contributed by atoms with Gasteiger partial charge in [-0.25, -0.2) is 4.98 Å². The molecule has 0 aliphatic heterocycles. The van der Waals surface area contributed by atoms with E-state index in [1.165, 1.54) is 22.3 Å². The minimum atomic E-state index is 0. The Labute approximate surface area is 190 Å². The predicted molar refractivity (Wildman–Crippen MR) is 129 cm³/mol. The van der Waals surface area contributed by atoms with Crippen LogP contribution in [0.2, 0.25) is 0 Å². The van der Waals surface area contributed by atoms with Gasteiger partial charge in [-0.2, -0.15) is 5.26 Å². The van der Waals surface area contributed by atoms with Crippen molar-refractivity contribution in [3.05, 3.63) is 102 Å². The zero-order valence-electron chi connectivity index (χ0n) is 18.0. The molecule has 1 aromatic heterocycles. The quantitative estimate of drug-likeness (QED) is 0.357. The Hall–Kier alpha value is -3.35. The lowest BCUT2D eigenvalue weighted by Crippen LogP contribution is -2.12. The van der Waals surface area contributed by atoms with Gasteiger partial charge in [0.25, 0.3) is 0 Å². The number of hydrogen-bond donors (Lipinski definition) is 0. The molecule has 0 radical (unpaired) electrons. The Bertz CT molecular complexity index is 1190. The highest BCUT2D eigenvalue weighted by molar-refractivity contribution is 5.85. The highest BCUT2D eigenvalue weighted by Crippen LogP contribution is 2.33. The van der Waals surface area contributed by atoms with Crippen LogP contribution in [0.5, 0.6) is 0 Å². The molecule has 0 spiro atoms. The lowest BCUT2D eigenvalue weighted by atomic mass is 9.82. The van der Waals surface area contributed by atoms with Gasteiger partial charge in [0, 0.05) is 6.54 Å². The first kappa shape index (κ1) is 22.3. The van der Waals surface area contributed by atoms with Crippen molar-refractivity contribution in [3.8, 4) is 28.5 Å². The molecule has 4 aromatic rings. The predicted octanol–water partition coefficient (Wildman–Crippen LogP) is 6.86. The second kappa shape index (κ2) is 9.20. The van der Waals surface area contributed by atoms with Crippen molar-refractivity contribution in [2.24, 2.45) is 0 Å². The largest absolute Gasteiger partial charge is 0.326 e. The van der Waals surface area contributed by atoms with Crippen molar-refractivity contribution in [2.75, 3.05) is 0 Å². The van der Waals surface area contributed by atoms with Crippen molar-refractivity contribution in [1.29, 1.82) is 5.26 Å². The Balaban J connectivity index is 0.00000272. The molecule has 3 aromatic carbocycles. The molecule has 0 aliphatic carbocycles. The molecule has 0 amide bonds. The molecule has 0 saturated heterocycles. The number of aromatic nitrogens is 2. The molecular weight excluding hydrogens is 402 g/mol. The van der Waals surface area contributed by atoms with Crippen LogP contribution in [0.3, 0.4) is 0 Å². The monoisotopic (exact) mass is 427 g/mol. The lowest BCUT2D eigenvalue weighted by molar-refractivity contribution is 0.592. The molecule has 0 saturated carbocycles. The molecule has 0 N–H and O–H groups in total. The van der Waals surface area contributed by atoms with Crippen LogP contribution in [0.15, 0.2) is 85.3 Å². The van der Waals surface area contributed by atoms with Crippen LogP contribution in [-0.4, -0.2) is 9.55 Å². The second-order valence-electron chi connectivity index (χ2n) is 8.59. The number of imidazole rings is 1. The summed E-state index contributed by atoms with van der Waals surface area (Å²) in [6.07, 6.45) is 3.73. The fraction of sp³-hybridized carbons (Fsp3) is 0.185. The zero-order valence-corrected chi connectivity index (χ0v) is 18.9. The van der Waals surface area contributed by atoms with Crippen LogP contribution >= 0.6 is 12.4 Å². The summed E-state index contributed by atoms with van der Waals surface area (Å²) in [4.78, 5) is 4.34. The Morgan fingerprint density at radius 3 is 2.16 bits per heavy atom. The summed E-state index contributed by atoms with van der Waals surface area (Å²) < 4.78 is 2.14. The molecular formula is C27H26ClN3. The molecule has 3 nitrogen and oxygen atoms in total. The maximum absolute atomic E-state index is 9.01. The highest BCUT2D eigenvalue weighted by atomic mass is 35.5. The highest BCUT2D eigenvalue weighted by Gasteiger charge is 2.18. The maximum Gasteiger partial charge on any atom is 0.0991 e. The van der Waals surface area contributed by atoms with E-state index in [1.807, 2.05) is 36.8 Å². The molecule has 0 aliphatic rings. The van der Waals surface area contributed by atoms with Gasteiger partial charge in [0.15, 0.2) is 0 Å². The average molecular weight is 428 g/mol. The third-order valence-electron chi connectivity index (χ3n) is 5.38. The first-order valence-electron chi connectivity index (χ1n) is 10.2. The molecule has 0 fully saturated rings. The summed E-state index contributed by atoms with van der Waals surface area (Å²) in [6, 6.07) is 27.2. The van der Waals surface area contributed by atoms with E-state index >= 15 is 0 Å². The van der Waals surface area contributed by atoms with Gasteiger partial charge >= 0.3 is 0 Å². The summed E-state index contributed by atoms with van der Waals surface area (Å²) in [7, 11) is 0. The van der Waals surface area contributed by atoms with Crippen molar-refractivity contribution >= 4 is 12.4 Å². The number of benzene rings is 3. The maximum atomic E-state index is 9.01. The summed E-state index contributed by atoms with van der Waals surface area (Å²) in [5.74, 6) is 0. The van der Waals surface area contributed by atoms with E-state index in [1.54, 1.807) is 0 Å². The molecule has 31 heavy (non-hydrogen) atoms. The summed E-state index contributed by atoms with van der Waals surface area (Å²) in [6.45, 7) is 7.51. The fourth-order valence-corrected chi connectivity index (χ4v) is 3.78. The smallest absolute Gasteiger partial charge is 0.0991 e. The van der Waals surface area contributed by atoms with Gasteiger partial charge in [0.1, 0.15) is 0 Å². The van der Waals surface area contributed by atoms with Crippen LogP contribution in [0, 0.1) is 11.3 Å². The number of nitrogens with zero attached hydrogens (tertiary/aromatic N) is 3. The number of rotatable bonds is 4. The molecule has 156 valence electrons. The zero-order chi connectivity index (χ0) is 21.1. The van der Waals surface area contributed by atoms with Crippen molar-refractivity contribution in [2.45, 2.75) is 32.7 Å². The van der Waals surface area contributed by atoms with Crippen LogP contribution < -0.4 is 0 Å². The molecule has 1 heterocycles. The van der Waals surface area contributed by atoms with Gasteiger partial charge in [-0.05, 0) is 45.4 Å². The topological polar surface area (TPSA) is 41.6 Å². The van der Waals surface area contributed by atoms with E-state index < -0.39 is 0 Å². The first-order valence-corrected chi connectivity index (χ1v) is 10.2. The van der Waals surface area contributed by atoms with Gasteiger partial charge < -0.3 is 4.57 Å². The van der Waals surface area contributed by atoms with E-state index in [0.717, 1.165) is 17.8 Å². The Kier molecular flexibility index (Phi) is 6.63. The van der Waals surface area contributed by atoms with E-state index in [0.29, 0.717) is 5.56 Å². The van der Waals surface area contributed by atoms with Crippen molar-refractivity contribution in [1.82, 2.24) is 9.55 Å². The number of hydrogen-bond acceptors (Lipinski definition) is 2. The normalized spacial score (nSPS) is 10.9. The van der Waals surface area contributed by atoms with Gasteiger partial charge in [-0.15, -0.1) is 12.4 Å². The molecule has 0 bridgehead atoms. The van der Waals surface area contributed by atoms with Crippen LogP contribution in [0.1, 0.15) is 37.5 Å². The first-order chi connectivity index (χ1) is 14.5. The second-order valence-corrected chi connectivity index (χ2v) is 8.59. The summed E-state index contributed by atoms with van der Waals surface area (Å²) >= 11 is 0. The Morgan fingerprint density at radius 2 is 1.52 bits per heavy atom. The number of nitriles is 1. The van der Waals surface area contributed by atoms with Crippen molar-refractivity contribution in [3.63, 3.8) is 0 Å². The average Bonchev–Trinajstić information content (AvgIpc) is 3.22. The van der Waals surface area contributed by atoms with E-state index in [2.05, 4.69) is 84.9 Å². The standard InChI is InChI=1S/C27H25N3.ClH/c1-27(2,3)25-7-5-4-6-24(25)22-12-10-21(11-13-22)18-30-19-29-17-26(30)23-14-8-20(16-28)9-15-23;/h4-15,17,19H,18H2,1-3H3;1H. The third kappa shape index (κ3) is 4.87. The Morgan fingerprint density at radius 1 is 0.871 bits per heavy atom. The summed E-state index contributed by atoms with van der Waals surface area (Å²) in [5, 5.41) is 9.01. The number of halogens is 1. The van der Waals surface area contributed by atoms with Crippen LogP contribution in [0.4, 0.5) is 0 Å². The van der Waals surface area contributed by atoms with E-state index in [9.17, 15) is 0 Å². The molecule has 4 rings (SSSR count). The third-order valence-corrected chi connectivity index (χ3v) is 5.38. The SMILES string of the molecule is CC(C)(C)c1ccccc1-c1ccc(Cn2cncc2-c2ccc(C#N)cc2)cc1.Cl. The van der Waals surface area contributed by atoms with Gasteiger partial charge in [-0.1, -0.05) is 81.4 Å². The van der Waals surface area contributed by atoms with Crippen LogP contribution in [0.25, 0.3) is 22.4 Å². The lowest BCUT2D eigenvalue weighted by Gasteiger charge is -2.23. The minimum absolute atomic E-state index is 0. The molecule has 4 heteroatoms. The van der Waals surface area contributed by atoms with E-state index in [-0.39, 0.29) is 17.8 Å². The summed E-state index contributed by atoms with van der Waals surface area (Å²) in [5.41, 5.74) is 7.97. The van der Waals surface area contributed by atoms with Gasteiger partial charge in [0.2, 0.25) is 0 Å². The van der Waals surface area contributed by atoms with E-state index in [4.69, 9.17) is 5.26 Å².